The van der Waals surface area contributed by atoms with Crippen molar-refractivity contribution in [2.24, 2.45) is 11.7 Å². The molecule has 17 heavy (non-hydrogen) atoms. The van der Waals surface area contributed by atoms with Gasteiger partial charge in [-0.25, -0.2) is 0 Å². The van der Waals surface area contributed by atoms with Crippen LogP contribution in [0.25, 0.3) is 0 Å². The molecular formula is C13H28N2O2. The number of amides is 1. The Morgan fingerprint density at radius 3 is 2.47 bits per heavy atom. The van der Waals surface area contributed by atoms with Crippen LogP contribution in [0.3, 0.4) is 0 Å². The Morgan fingerprint density at radius 1 is 1.35 bits per heavy atom. The largest absolute Gasteiger partial charge is 0.393 e. The van der Waals surface area contributed by atoms with E-state index in [2.05, 4.69) is 6.92 Å². The highest BCUT2D eigenvalue weighted by atomic mass is 16.3. The molecule has 0 saturated carbocycles. The van der Waals surface area contributed by atoms with Crippen molar-refractivity contribution in [2.45, 2.75) is 52.1 Å². The molecule has 0 aromatic heterocycles. The van der Waals surface area contributed by atoms with Crippen molar-refractivity contribution >= 4 is 5.91 Å². The molecule has 0 aliphatic heterocycles. The Hall–Kier alpha value is -0.610. The molecule has 0 spiro atoms. The normalized spacial score (nSPS) is 14.4. The summed E-state index contributed by atoms with van der Waals surface area (Å²) in [5.41, 5.74) is 5.53. The van der Waals surface area contributed by atoms with Crippen LogP contribution in [-0.4, -0.2) is 42.2 Å². The molecule has 2 unspecified atom stereocenters. The van der Waals surface area contributed by atoms with Gasteiger partial charge in [-0.05, 0) is 38.6 Å². The molecule has 0 fully saturated rings. The summed E-state index contributed by atoms with van der Waals surface area (Å²) < 4.78 is 0. The third-order valence-corrected chi connectivity index (χ3v) is 3.23. The van der Waals surface area contributed by atoms with Gasteiger partial charge in [0.2, 0.25) is 5.91 Å². The second kappa shape index (κ2) is 9.42. The molecule has 0 aromatic rings. The summed E-state index contributed by atoms with van der Waals surface area (Å²) in [5, 5.41) is 9.16. The number of hydrogen-bond donors (Lipinski definition) is 2. The number of carbonyl (C=O) groups excluding carboxylic acids is 1. The van der Waals surface area contributed by atoms with Crippen molar-refractivity contribution in [3.63, 3.8) is 0 Å². The monoisotopic (exact) mass is 244 g/mol. The highest BCUT2D eigenvalue weighted by Gasteiger charge is 2.12. The fraction of sp³-hybridized carbons (Fsp3) is 0.923. The molecular weight excluding hydrogens is 216 g/mol. The quantitative estimate of drug-likeness (QED) is 0.644. The number of nitrogens with two attached hydrogens (primary N) is 1. The molecule has 0 saturated heterocycles. The number of carbonyl (C=O) groups is 1. The average Bonchev–Trinajstić information content (AvgIpc) is 2.30. The van der Waals surface area contributed by atoms with Gasteiger partial charge in [0.05, 0.1) is 6.10 Å². The van der Waals surface area contributed by atoms with Crippen LogP contribution in [0, 0.1) is 5.92 Å². The van der Waals surface area contributed by atoms with Gasteiger partial charge >= 0.3 is 0 Å². The van der Waals surface area contributed by atoms with Crippen LogP contribution in [0.15, 0.2) is 0 Å². The van der Waals surface area contributed by atoms with Crippen LogP contribution in [0.1, 0.15) is 46.0 Å². The SMILES string of the molecule is CCC(CCN)CCC(=O)N(C)CCC(C)O. The van der Waals surface area contributed by atoms with Crippen LogP contribution in [0.4, 0.5) is 0 Å². The van der Waals surface area contributed by atoms with Gasteiger partial charge < -0.3 is 15.7 Å². The van der Waals surface area contributed by atoms with Crippen LogP contribution < -0.4 is 5.73 Å². The molecule has 1 amide bonds. The molecule has 0 aliphatic rings. The van der Waals surface area contributed by atoms with E-state index in [-0.39, 0.29) is 12.0 Å². The minimum atomic E-state index is -0.342. The highest BCUT2D eigenvalue weighted by molar-refractivity contribution is 5.75. The number of rotatable bonds is 9. The summed E-state index contributed by atoms with van der Waals surface area (Å²) >= 11 is 0. The van der Waals surface area contributed by atoms with E-state index < -0.39 is 0 Å². The van der Waals surface area contributed by atoms with Crippen molar-refractivity contribution in [3.8, 4) is 0 Å². The number of aliphatic hydroxyl groups is 1. The van der Waals surface area contributed by atoms with Gasteiger partial charge in [0.25, 0.3) is 0 Å². The Kier molecular flexibility index (Phi) is 9.09. The summed E-state index contributed by atoms with van der Waals surface area (Å²) in [4.78, 5) is 13.5. The topological polar surface area (TPSA) is 66.6 Å². The van der Waals surface area contributed by atoms with E-state index in [0.29, 0.717) is 31.8 Å². The van der Waals surface area contributed by atoms with Gasteiger partial charge in [0, 0.05) is 20.0 Å². The van der Waals surface area contributed by atoms with Gasteiger partial charge in [-0.2, -0.15) is 0 Å². The summed E-state index contributed by atoms with van der Waals surface area (Å²) in [5.74, 6) is 0.732. The van der Waals surface area contributed by atoms with E-state index in [4.69, 9.17) is 10.8 Å². The van der Waals surface area contributed by atoms with Crippen LogP contribution in [0.2, 0.25) is 0 Å². The Balaban J connectivity index is 3.83. The van der Waals surface area contributed by atoms with E-state index in [0.717, 1.165) is 19.3 Å². The molecule has 102 valence electrons. The van der Waals surface area contributed by atoms with Crippen molar-refractivity contribution in [2.75, 3.05) is 20.1 Å². The molecule has 4 heteroatoms. The summed E-state index contributed by atoms with van der Waals surface area (Å²) in [7, 11) is 1.80. The lowest BCUT2D eigenvalue weighted by molar-refractivity contribution is -0.130. The molecule has 0 aromatic carbocycles. The van der Waals surface area contributed by atoms with Crippen molar-refractivity contribution in [1.29, 1.82) is 0 Å². The van der Waals surface area contributed by atoms with Gasteiger partial charge in [0.15, 0.2) is 0 Å². The number of nitrogens with zero attached hydrogens (tertiary/aromatic N) is 1. The first-order chi connectivity index (χ1) is 8.01. The lowest BCUT2D eigenvalue weighted by Crippen LogP contribution is -2.29. The maximum atomic E-state index is 11.8. The van der Waals surface area contributed by atoms with Crippen LogP contribution in [-0.2, 0) is 4.79 Å². The lowest BCUT2D eigenvalue weighted by Gasteiger charge is -2.19. The van der Waals surface area contributed by atoms with Crippen LogP contribution >= 0.6 is 0 Å². The average molecular weight is 244 g/mol. The van der Waals surface area contributed by atoms with Gasteiger partial charge in [-0.1, -0.05) is 13.3 Å². The molecule has 3 N–H and O–H groups in total. The second-order valence-electron chi connectivity index (χ2n) is 4.84. The standard InChI is InChI=1S/C13H28N2O2/c1-4-12(7-9-14)5-6-13(17)15(3)10-8-11(2)16/h11-12,16H,4-10,14H2,1-3H3. The van der Waals surface area contributed by atoms with E-state index in [1.54, 1.807) is 18.9 Å². The summed E-state index contributed by atoms with van der Waals surface area (Å²) in [6.45, 7) is 5.21. The predicted octanol–water partition coefficient (Wildman–Crippen LogP) is 1.37. The fourth-order valence-electron chi connectivity index (χ4n) is 1.81. The lowest BCUT2D eigenvalue weighted by atomic mass is 9.96. The van der Waals surface area contributed by atoms with Crippen molar-refractivity contribution in [1.82, 2.24) is 4.90 Å². The maximum Gasteiger partial charge on any atom is 0.222 e. The van der Waals surface area contributed by atoms with Gasteiger partial charge in [0.1, 0.15) is 0 Å². The van der Waals surface area contributed by atoms with Crippen molar-refractivity contribution in [3.05, 3.63) is 0 Å². The molecule has 0 bridgehead atoms. The zero-order valence-corrected chi connectivity index (χ0v) is 11.5. The van der Waals surface area contributed by atoms with E-state index >= 15 is 0 Å². The van der Waals surface area contributed by atoms with Gasteiger partial charge in [-0.15, -0.1) is 0 Å². The first kappa shape index (κ1) is 16.4. The molecule has 2 atom stereocenters. The van der Waals surface area contributed by atoms with E-state index in [9.17, 15) is 4.79 Å². The van der Waals surface area contributed by atoms with Crippen molar-refractivity contribution < 1.29 is 9.90 Å². The molecule has 0 heterocycles. The Morgan fingerprint density at radius 2 is 2.00 bits per heavy atom. The molecule has 0 aliphatic carbocycles. The van der Waals surface area contributed by atoms with Gasteiger partial charge in [-0.3, -0.25) is 4.79 Å². The number of hydrogen-bond acceptors (Lipinski definition) is 3. The molecule has 0 radical (unpaired) electrons. The maximum absolute atomic E-state index is 11.8. The highest BCUT2D eigenvalue weighted by Crippen LogP contribution is 2.15. The smallest absolute Gasteiger partial charge is 0.222 e. The summed E-state index contributed by atoms with van der Waals surface area (Å²) in [6, 6.07) is 0. The second-order valence-corrected chi connectivity index (χ2v) is 4.84. The minimum Gasteiger partial charge on any atom is -0.393 e. The third kappa shape index (κ3) is 8.16. The predicted molar refractivity (Wildman–Crippen MR) is 70.6 cm³/mol. The zero-order chi connectivity index (χ0) is 13.3. The minimum absolute atomic E-state index is 0.168. The van der Waals surface area contributed by atoms with Crippen LogP contribution in [0.5, 0.6) is 0 Å². The molecule has 0 rings (SSSR count). The van der Waals surface area contributed by atoms with E-state index in [1.807, 2.05) is 0 Å². The number of aliphatic hydroxyl groups excluding tert-OH is 1. The zero-order valence-electron chi connectivity index (χ0n) is 11.5. The Labute approximate surface area is 105 Å². The third-order valence-electron chi connectivity index (χ3n) is 3.23. The summed E-state index contributed by atoms with van der Waals surface area (Å²) in [6.07, 6.45) is 3.90. The Bertz CT molecular complexity index is 208. The van der Waals surface area contributed by atoms with E-state index in [1.165, 1.54) is 0 Å². The first-order valence-corrected chi connectivity index (χ1v) is 6.63. The first-order valence-electron chi connectivity index (χ1n) is 6.63. The fourth-order valence-corrected chi connectivity index (χ4v) is 1.81. The molecule has 4 nitrogen and oxygen atoms in total.